The summed E-state index contributed by atoms with van der Waals surface area (Å²) in [6.07, 6.45) is 5.47. The van der Waals surface area contributed by atoms with Crippen LogP contribution in [0.25, 0.3) is 0 Å². The van der Waals surface area contributed by atoms with Crippen molar-refractivity contribution in [3.8, 4) is 0 Å². The van der Waals surface area contributed by atoms with E-state index in [2.05, 4.69) is 27.7 Å². The van der Waals surface area contributed by atoms with Gasteiger partial charge in [0.25, 0.3) is 0 Å². The Hall–Kier alpha value is -1.92. The van der Waals surface area contributed by atoms with Crippen molar-refractivity contribution in [3.63, 3.8) is 0 Å². The van der Waals surface area contributed by atoms with Crippen LogP contribution in [0.5, 0.6) is 0 Å². The summed E-state index contributed by atoms with van der Waals surface area (Å²) < 4.78 is 4.49. The number of nitrogens with zero attached hydrogens (tertiary/aromatic N) is 2. The van der Waals surface area contributed by atoms with Gasteiger partial charge in [0, 0.05) is 16.8 Å². The zero-order valence-corrected chi connectivity index (χ0v) is 11.3. The molecule has 1 heterocycles. The van der Waals surface area contributed by atoms with E-state index >= 15 is 0 Å². The molecule has 1 N–H and O–H groups in total. The molecular formula is C13H17N3O4. The van der Waals surface area contributed by atoms with E-state index in [9.17, 15) is 14.9 Å². The summed E-state index contributed by atoms with van der Waals surface area (Å²) in [7, 11) is 0. The minimum atomic E-state index is -0.608. The lowest BCUT2D eigenvalue weighted by Crippen LogP contribution is -2.51. The van der Waals surface area contributed by atoms with Gasteiger partial charge in [-0.2, -0.15) is 0 Å². The number of hydrogen-bond acceptors (Lipinski definition) is 5. The highest BCUT2D eigenvalue weighted by atomic mass is 16.6. The summed E-state index contributed by atoms with van der Waals surface area (Å²) in [5.41, 5.74) is 0.962. The van der Waals surface area contributed by atoms with Crippen LogP contribution in [0.2, 0.25) is 0 Å². The van der Waals surface area contributed by atoms with Crippen LogP contribution in [0, 0.1) is 27.4 Å². The molecule has 3 atom stereocenters. The maximum absolute atomic E-state index is 11.0. The Bertz CT molecular complexity index is 617. The third-order valence-electron chi connectivity index (χ3n) is 4.73. The average Bonchev–Trinajstić information content (AvgIpc) is 2.92. The predicted molar refractivity (Wildman–Crippen MR) is 69.7 cm³/mol. The number of fused-ring (bicyclic) bond motifs is 1. The topological polar surface area (TPSA) is 102 Å². The number of nitro groups is 1. The van der Waals surface area contributed by atoms with Gasteiger partial charge in [-0.05, 0) is 31.1 Å². The standard InChI is InChI=1S/C13H17N3O4/c1-2-8-3-9-5-13(7-16(18)19,10(9)4-8)6-11-14-12(17)20-15-11/h4,9-10H,2-3,5-7H2,1H3,(H,14,15,17). The number of aromatic amines is 1. The van der Waals surface area contributed by atoms with E-state index in [1.54, 1.807) is 0 Å². The largest absolute Gasteiger partial charge is 0.438 e. The second-order valence-electron chi connectivity index (χ2n) is 5.94. The minimum absolute atomic E-state index is 0.0868. The van der Waals surface area contributed by atoms with Gasteiger partial charge in [0.2, 0.25) is 6.54 Å². The fraction of sp³-hybridized carbons (Fsp3) is 0.692. The van der Waals surface area contributed by atoms with Crippen molar-refractivity contribution >= 4 is 0 Å². The number of aromatic nitrogens is 2. The van der Waals surface area contributed by atoms with Crippen LogP contribution in [0.3, 0.4) is 0 Å². The first-order valence-corrected chi connectivity index (χ1v) is 6.88. The molecule has 0 saturated heterocycles. The summed E-state index contributed by atoms with van der Waals surface area (Å²) in [6.45, 7) is 2.03. The smallest absolute Gasteiger partial charge is 0.296 e. The van der Waals surface area contributed by atoms with Gasteiger partial charge in [0.05, 0.1) is 0 Å². The van der Waals surface area contributed by atoms with Gasteiger partial charge in [-0.3, -0.25) is 19.6 Å². The molecule has 0 aromatic carbocycles. The van der Waals surface area contributed by atoms with Gasteiger partial charge < -0.3 is 0 Å². The van der Waals surface area contributed by atoms with E-state index in [1.165, 1.54) is 5.57 Å². The van der Waals surface area contributed by atoms with E-state index < -0.39 is 11.2 Å². The van der Waals surface area contributed by atoms with E-state index in [0.29, 0.717) is 18.2 Å². The molecule has 0 aliphatic heterocycles. The fourth-order valence-electron chi connectivity index (χ4n) is 3.90. The molecule has 1 saturated carbocycles. The first-order valence-electron chi connectivity index (χ1n) is 6.88. The summed E-state index contributed by atoms with van der Waals surface area (Å²) in [4.78, 5) is 24.3. The van der Waals surface area contributed by atoms with Gasteiger partial charge in [-0.15, -0.1) is 0 Å². The maximum Gasteiger partial charge on any atom is 0.438 e. The second kappa shape index (κ2) is 4.57. The monoisotopic (exact) mass is 279 g/mol. The highest BCUT2D eigenvalue weighted by Gasteiger charge is 2.58. The number of nitrogens with one attached hydrogen (secondary N) is 1. The molecule has 7 heteroatoms. The Kier molecular flexibility index (Phi) is 2.99. The second-order valence-corrected chi connectivity index (χ2v) is 5.94. The fourth-order valence-corrected chi connectivity index (χ4v) is 3.90. The Labute approximate surface area is 115 Å². The highest BCUT2D eigenvalue weighted by Crippen LogP contribution is 2.59. The molecule has 0 radical (unpaired) electrons. The quantitative estimate of drug-likeness (QED) is 0.500. The van der Waals surface area contributed by atoms with Crippen molar-refractivity contribution in [2.75, 3.05) is 6.54 Å². The van der Waals surface area contributed by atoms with Crippen LogP contribution >= 0.6 is 0 Å². The number of allylic oxidation sites excluding steroid dienone is 2. The Morgan fingerprint density at radius 2 is 2.45 bits per heavy atom. The number of hydrogen-bond donors (Lipinski definition) is 1. The zero-order valence-electron chi connectivity index (χ0n) is 11.3. The SMILES string of the molecule is CCC1=CC2C(C1)CC2(Cc1noc(=O)[nH]1)C[N+](=O)[O-]. The molecule has 1 aromatic rings. The normalized spacial score (nSPS) is 31.6. The van der Waals surface area contributed by atoms with E-state index in [0.717, 1.165) is 19.3 Å². The van der Waals surface area contributed by atoms with Crippen molar-refractivity contribution in [2.24, 2.45) is 17.3 Å². The highest BCUT2D eigenvalue weighted by molar-refractivity contribution is 5.24. The van der Waals surface area contributed by atoms with Crippen molar-refractivity contribution in [1.29, 1.82) is 0 Å². The Balaban J connectivity index is 1.85. The van der Waals surface area contributed by atoms with Crippen LogP contribution in [-0.4, -0.2) is 21.6 Å². The number of H-pyrrole nitrogens is 1. The van der Waals surface area contributed by atoms with Gasteiger partial charge >= 0.3 is 5.76 Å². The van der Waals surface area contributed by atoms with Crippen LogP contribution in [0.15, 0.2) is 21.0 Å². The summed E-state index contributed by atoms with van der Waals surface area (Å²) >= 11 is 0. The molecule has 0 spiro atoms. The molecule has 108 valence electrons. The molecule has 3 unspecified atom stereocenters. The minimum Gasteiger partial charge on any atom is -0.296 e. The van der Waals surface area contributed by atoms with Crippen molar-refractivity contribution in [1.82, 2.24) is 10.1 Å². The summed E-state index contributed by atoms with van der Waals surface area (Å²) in [5, 5.41) is 14.7. The molecule has 0 bridgehead atoms. The van der Waals surface area contributed by atoms with Crippen molar-refractivity contribution < 1.29 is 9.45 Å². The third kappa shape index (κ3) is 2.07. The van der Waals surface area contributed by atoms with Gasteiger partial charge in [0.1, 0.15) is 0 Å². The van der Waals surface area contributed by atoms with E-state index in [4.69, 9.17) is 0 Å². The Morgan fingerprint density at radius 1 is 1.65 bits per heavy atom. The van der Waals surface area contributed by atoms with Crippen LogP contribution in [0.4, 0.5) is 0 Å². The average molecular weight is 279 g/mol. The lowest BCUT2D eigenvalue weighted by Gasteiger charge is -2.49. The van der Waals surface area contributed by atoms with E-state index in [-0.39, 0.29) is 17.4 Å². The van der Waals surface area contributed by atoms with Gasteiger partial charge in [0.15, 0.2) is 5.82 Å². The Morgan fingerprint density at radius 3 is 3.05 bits per heavy atom. The van der Waals surface area contributed by atoms with Crippen LogP contribution in [-0.2, 0) is 6.42 Å². The first kappa shape index (κ1) is 13.1. The van der Waals surface area contributed by atoms with Crippen molar-refractivity contribution in [2.45, 2.75) is 32.6 Å². The van der Waals surface area contributed by atoms with Crippen LogP contribution in [0.1, 0.15) is 32.0 Å². The van der Waals surface area contributed by atoms with Gasteiger partial charge in [-0.1, -0.05) is 23.7 Å². The molecule has 20 heavy (non-hydrogen) atoms. The molecule has 1 aromatic heterocycles. The third-order valence-corrected chi connectivity index (χ3v) is 4.73. The lowest BCUT2D eigenvalue weighted by atomic mass is 9.53. The predicted octanol–water partition coefficient (Wildman–Crippen LogP) is 1.54. The molecule has 0 amide bonds. The van der Waals surface area contributed by atoms with Crippen molar-refractivity contribution in [3.05, 3.63) is 38.1 Å². The molecular weight excluding hydrogens is 262 g/mol. The molecule has 2 aliphatic carbocycles. The summed E-state index contributed by atoms with van der Waals surface area (Å²) in [6, 6.07) is 0. The summed E-state index contributed by atoms with van der Waals surface area (Å²) in [5.74, 6) is 0.545. The molecule has 3 rings (SSSR count). The van der Waals surface area contributed by atoms with Crippen LogP contribution < -0.4 is 5.76 Å². The molecule has 7 nitrogen and oxygen atoms in total. The number of rotatable bonds is 5. The van der Waals surface area contributed by atoms with Gasteiger partial charge in [-0.25, -0.2) is 4.79 Å². The lowest BCUT2D eigenvalue weighted by molar-refractivity contribution is -0.506. The zero-order chi connectivity index (χ0) is 14.3. The maximum atomic E-state index is 11.0. The van der Waals surface area contributed by atoms with E-state index in [1.807, 2.05) is 0 Å². The molecule has 2 aliphatic rings. The molecule has 1 fully saturated rings. The first-order chi connectivity index (χ1) is 9.52.